The second-order valence-electron chi connectivity index (χ2n) is 4.63. The van der Waals surface area contributed by atoms with Gasteiger partial charge >= 0.3 is 0 Å². The molecule has 7 heteroatoms. The fourth-order valence-electron chi connectivity index (χ4n) is 2.03. The third-order valence-electron chi connectivity index (χ3n) is 3.13. The normalized spacial score (nSPS) is 12.9. The summed E-state index contributed by atoms with van der Waals surface area (Å²) in [5, 5.41) is 3.24. The van der Waals surface area contributed by atoms with Gasteiger partial charge in [-0.25, -0.2) is 13.1 Å². The number of nitrogens with one attached hydrogen (secondary N) is 2. The lowest BCUT2D eigenvalue weighted by atomic mass is 10.2. The van der Waals surface area contributed by atoms with Gasteiger partial charge in [-0.1, -0.05) is 6.07 Å². The predicted octanol–water partition coefficient (Wildman–Crippen LogP) is 1.87. The molecule has 1 atom stereocenters. The minimum Gasteiger partial charge on any atom is -0.377 e. The molecule has 1 unspecified atom stereocenters. The number of hydrogen-bond acceptors (Lipinski definition) is 5. The van der Waals surface area contributed by atoms with Crippen molar-refractivity contribution in [1.82, 2.24) is 14.7 Å². The van der Waals surface area contributed by atoms with Crippen LogP contribution >= 0.6 is 0 Å². The van der Waals surface area contributed by atoms with E-state index in [1.54, 1.807) is 30.6 Å². The molecule has 1 heterocycles. The second-order valence-corrected chi connectivity index (χ2v) is 6.51. The molecule has 2 aromatic rings. The average Bonchev–Trinajstić information content (AvgIpc) is 2.48. The first kappa shape index (κ1) is 15.4. The molecule has 0 aliphatic heterocycles. The Balaban J connectivity index is 2.25. The number of aromatic nitrogens is 2. The number of anilines is 1. The van der Waals surface area contributed by atoms with Crippen molar-refractivity contribution in [3.63, 3.8) is 0 Å². The Morgan fingerprint density at radius 2 is 1.90 bits per heavy atom. The largest absolute Gasteiger partial charge is 0.377 e. The highest BCUT2D eigenvalue weighted by Gasteiger charge is 2.14. The molecule has 0 saturated carbocycles. The van der Waals surface area contributed by atoms with Crippen LogP contribution in [0.5, 0.6) is 0 Å². The minimum atomic E-state index is -3.45. The van der Waals surface area contributed by atoms with Gasteiger partial charge in [0.1, 0.15) is 0 Å². The Morgan fingerprint density at radius 1 is 1.19 bits per heavy atom. The van der Waals surface area contributed by atoms with E-state index >= 15 is 0 Å². The van der Waals surface area contributed by atoms with Gasteiger partial charge in [0.05, 0.1) is 22.3 Å². The molecule has 0 radical (unpaired) electrons. The van der Waals surface area contributed by atoms with Crippen LogP contribution in [0.25, 0.3) is 0 Å². The Hall–Kier alpha value is -1.99. The molecule has 1 aromatic carbocycles. The van der Waals surface area contributed by atoms with Crippen molar-refractivity contribution in [2.24, 2.45) is 0 Å². The van der Waals surface area contributed by atoms with Gasteiger partial charge in [-0.3, -0.25) is 9.97 Å². The summed E-state index contributed by atoms with van der Waals surface area (Å²) in [6, 6.07) is 6.58. The van der Waals surface area contributed by atoms with Crippen LogP contribution in [-0.4, -0.2) is 25.4 Å². The van der Waals surface area contributed by atoms with Crippen LogP contribution in [0.15, 0.2) is 41.6 Å². The van der Waals surface area contributed by atoms with E-state index in [4.69, 9.17) is 0 Å². The van der Waals surface area contributed by atoms with Gasteiger partial charge in [0.25, 0.3) is 0 Å². The molecule has 21 heavy (non-hydrogen) atoms. The van der Waals surface area contributed by atoms with Crippen molar-refractivity contribution in [2.45, 2.75) is 24.8 Å². The van der Waals surface area contributed by atoms with E-state index in [1.165, 1.54) is 7.05 Å². The molecule has 1 aromatic heterocycles. The van der Waals surface area contributed by atoms with Crippen LogP contribution in [-0.2, 0) is 10.0 Å². The molecule has 0 saturated heterocycles. The number of nitrogens with zero attached hydrogens (tertiary/aromatic N) is 2. The summed E-state index contributed by atoms with van der Waals surface area (Å²) < 4.78 is 25.9. The SMILES string of the molecule is CNS(=O)(=O)c1cccc(NC(C)c2nccnc2C)c1. The maximum atomic E-state index is 11.8. The minimum absolute atomic E-state index is 0.0776. The topological polar surface area (TPSA) is 84.0 Å². The summed E-state index contributed by atoms with van der Waals surface area (Å²) in [6.45, 7) is 3.85. The maximum Gasteiger partial charge on any atom is 0.240 e. The first-order chi connectivity index (χ1) is 9.94. The van der Waals surface area contributed by atoms with Crippen LogP contribution in [0.1, 0.15) is 24.4 Å². The van der Waals surface area contributed by atoms with Gasteiger partial charge in [0.15, 0.2) is 0 Å². The van der Waals surface area contributed by atoms with Crippen molar-refractivity contribution in [3.8, 4) is 0 Å². The van der Waals surface area contributed by atoms with Crippen LogP contribution in [0, 0.1) is 6.92 Å². The Bertz CT molecular complexity index is 731. The van der Waals surface area contributed by atoms with E-state index in [2.05, 4.69) is 20.0 Å². The zero-order valence-corrected chi connectivity index (χ0v) is 13.0. The van der Waals surface area contributed by atoms with E-state index in [-0.39, 0.29) is 10.9 Å². The average molecular weight is 306 g/mol. The predicted molar refractivity (Wildman–Crippen MR) is 81.5 cm³/mol. The highest BCUT2D eigenvalue weighted by atomic mass is 32.2. The molecule has 6 nitrogen and oxygen atoms in total. The Labute approximate surface area is 124 Å². The third kappa shape index (κ3) is 3.56. The van der Waals surface area contributed by atoms with E-state index in [9.17, 15) is 8.42 Å². The van der Waals surface area contributed by atoms with Crippen LogP contribution in [0.3, 0.4) is 0 Å². The molecule has 2 N–H and O–H groups in total. The van der Waals surface area contributed by atoms with Gasteiger partial charge in [-0.2, -0.15) is 0 Å². The molecular weight excluding hydrogens is 288 g/mol. The summed E-state index contributed by atoms with van der Waals surface area (Å²) in [6.07, 6.45) is 3.29. The summed E-state index contributed by atoms with van der Waals surface area (Å²) >= 11 is 0. The van der Waals surface area contributed by atoms with Crippen LogP contribution < -0.4 is 10.0 Å². The lowest BCUT2D eigenvalue weighted by Crippen LogP contribution is -2.19. The molecule has 0 amide bonds. The maximum absolute atomic E-state index is 11.8. The van der Waals surface area contributed by atoms with Crippen molar-refractivity contribution in [3.05, 3.63) is 48.0 Å². The van der Waals surface area contributed by atoms with Crippen LogP contribution in [0.2, 0.25) is 0 Å². The fourth-order valence-corrected chi connectivity index (χ4v) is 2.81. The fraction of sp³-hybridized carbons (Fsp3) is 0.286. The first-order valence-electron chi connectivity index (χ1n) is 6.51. The van der Waals surface area contributed by atoms with Crippen LogP contribution in [0.4, 0.5) is 5.69 Å². The number of hydrogen-bond donors (Lipinski definition) is 2. The zero-order valence-electron chi connectivity index (χ0n) is 12.2. The van der Waals surface area contributed by atoms with Gasteiger partial charge in [-0.05, 0) is 39.1 Å². The van der Waals surface area contributed by atoms with Crippen molar-refractivity contribution < 1.29 is 8.42 Å². The quantitative estimate of drug-likeness (QED) is 0.881. The molecule has 0 spiro atoms. The van der Waals surface area contributed by atoms with Gasteiger partial charge in [0.2, 0.25) is 10.0 Å². The zero-order chi connectivity index (χ0) is 15.5. The lowest BCUT2D eigenvalue weighted by Gasteiger charge is -2.16. The van der Waals surface area contributed by atoms with E-state index in [0.29, 0.717) is 5.69 Å². The number of benzene rings is 1. The molecular formula is C14H18N4O2S. The first-order valence-corrected chi connectivity index (χ1v) is 8.00. The van der Waals surface area contributed by atoms with Gasteiger partial charge in [0, 0.05) is 18.1 Å². The number of sulfonamides is 1. The van der Waals surface area contributed by atoms with E-state index in [1.807, 2.05) is 19.9 Å². The number of aryl methyl sites for hydroxylation is 1. The smallest absolute Gasteiger partial charge is 0.240 e. The monoisotopic (exact) mass is 306 g/mol. The molecule has 0 aliphatic carbocycles. The molecule has 0 bridgehead atoms. The molecule has 0 fully saturated rings. The molecule has 2 rings (SSSR count). The second kappa shape index (κ2) is 6.19. The third-order valence-corrected chi connectivity index (χ3v) is 4.54. The number of rotatable bonds is 5. The summed E-state index contributed by atoms with van der Waals surface area (Å²) in [5.74, 6) is 0. The summed E-state index contributed by atoms with van der Waals surface area (Å²) in [5.41, 5.74) is 2.39. The lowest BCUT2D eigenvalue weighted by molar-refractivity contribution is 0.588. The van der Waals surface area contributed by atoms with Crippen molar-refractivity contribution in [2.75, 3.05) is 12.4 Å². The van der Waals surface area contributed by atoms with Crippen molar-refractivity contribution in [1.29, 1.82) is 0 Å². The van der Waals surface area contributed by atoms with E-state index in [0.717, 1.165) is 11.4 Å². The standard InChI is InChI=1S/C14H18N4O2S/c1-10-14(17-8-7-16-10)11(2)18-12-5-4-6-13(9-12)21(19,20)15-3/h4-9,11,15,18H,1-3H3. The Kier molecular flexibility index (Phi) is 4.54. The van der Waals surface area contributed by atoms with Gasteiger partial charge < -0.3 is 5.32 Å². The molecule has 112 valence electrons. The van der Waals surface area contributed by atoms with E-state index < -0.39 is 10.0 Å². The Morgan fingerprint density at radius 3 is 2.57 bits per heavy atom. The van der Waals surface area contributed by atoms with Gasteiger partial charge in [-0.15, -0.1) is 0 Å². The summed E-state index contributed by atoms with van der Waals surface area (Å²) in [7, 11) is -2.06. The summed E-state index contributed by atoms with van der Waals surface area (Å²) in [4.78, 5) is 8.73. The molecule has 0 aliphatic rings. The van der Waals surface area contributed by atoms with Crippen molar-refractivity contribution >= 4 is 15.7 Å². The highest BCUT2D eigenvalue weighted by Crippen LogP contribution is 2.21. The highest BCUT2D eigenvalue weighted by molar-refractivity contribution is 7.89.